The van der Waals surface area contributed by atoms with Gasteiger partial charge in [-0.05, 0) is 35.9 Å². The van der Waals surface area contributed by atoms with Crippen molar-refractivity contribution in [1.82, 2.24) is 9.55 Å². The van der Waals surface area contributed by atoms with E-state index in [0.29, 0.717) is 15.7 Å². The first-order valence-corrected chi connectivity index (χ1v) is 12.1. The summed E-state index contributed by atoms with van der Waals surface area (Å²) in [6.45, 7) is 0. The van der Waals surface area contributed by atoms with Crippen LogP contribution in [0.25, 0.3) is 0 Å². The van der Waals surface area contributed by atoms with Gasteiger partial charge >= 0.3 is 0 Å². The van der Waals surface area contributed by atoms with Crippen LogP contribution in [0.15, 0.2) is 58.2 Å². The number of rotatable bonds is 4. The first-order valence-electron chi connectivity index (χ1n) is 8.21. The van der Waals surface area contributed by atoms with Crippen LogP contribution in [0.5, 0.6) is 0 Å². The van der Waals surface area contributed by atoms with Crippen molar-refractivity contribution in [2.45, 2.75) is 17.5 Å². The molecule has 4 rings (SSSR count). The van der Waals surface area contributed by atoms with Gasteiger partial charge in [-0.3, -0.25) is 9.36 Å². The van der Waals surface area contributed by atoms with Crippen molar-refractivity contribution in [3.63, 3.8) is 0 Å². The second-order valence-corrected chi connectivity index (χ2v) is 10.7. The number of benzene rings is 2. The highest BCUT2D eigenvalue weighted by molar-refractivity contribution is 9.10. The van der Waals surface area contributed by atoms with Crippen LogP contribution in [0.4, 0.5) is 11.6 Å². The lowest BCUT2D eigenvalue weighted by molar-refractivity contribution is -0.119. The summed E-state index contributed by atoms with van der Waals surface area (Å²) in [5.41, 5.74) is 1.23. The van der Waals surface area contributed by atoms with Crippen LogP contribution in [0.1, 0.15) is 11.6 Å². The van der Waals surface area contributed by atoms with Crippen LogP contribution >= 0.6 is 49.8 Å². The minimum absolute atomic E-state index is 0.134. The van der Waals surface area contributed by atoms with E-state index in [1.165, 1.54) is 15.5 Å². The third-order valence-corrected chi connectivity index (χ3v) is 6.70. The van der Waals surface area contributed by atoms with Gasteiger partial charge in [-0.1, -0.05) is 51.3 Å². The molecular weight excluding hydrogens is 525 g/mol. The molecule has 2 heterocycles. The number of amides is 1. The van der Waals surface area contributed by atoms with Crippen molar-refractivity contribution in [2.75, 3.05) is 4.90 Å². The number of imidazole rings is 1. The standard InChI is InChI=1S/C18H11BrCl3N3O3S/c19-11-3-1-10(2-4-11)5-15-17(26)24(14-7-12(20)6-13(21)8-14)18-23-9-16(25(15)18)29(22,27)28/h1-4,6-9,15H,5H2/t15-/m1/s1. The van der Waals surface area contributed by atoms with E-state index in [0.717, 1.165) is 16.2 Å². The lowest BCUT2D eigenvalue weighted by atomic mass is 10.1. The highest BCUT2D eigenvalue weighted by Gasteiger charge is 2.43. The molecule has 1 aliphatic rings. The number of nitrogens with zero attached hydrogens (tertiary/aromatic N) is 3. The van der Waals surface area contributed by atoms with Gasteiger partial charge in [-0.2, -0.15) is 0 Å². The maximum absolute atomic E-state index is 13.3. The predicted molar refractivity (Wildman–Crippen MR) is 116 cm³/mol. The van der Waals surface area contributed by atoms with E-state index in [-0.39, 0.29) is 23.3 Å². The smallest absolute Gasteiger partial charge is 0.278 e. The summed E-state index contributed by atoms with van der Waals surface area (Å²) in [4.78, 5) is 18.8. The van der Waals surface area contributed by atoms with E-state index in [2.05, 4.69) is 20.9 Å². The van der Waals surface area contributed by atoms with Gasteiger partial charge in [-0.25, -0.2) is 18.3 Å². The fourth-order valence-electron chi connectivity index (χ4n) is 3.27. The first kappa shape index (κ1) is 20.7. The van der Waals surface area contributed by atoms with Gasteiger partial charge in [0.2, 0.25) is 5.95 Å². The van der Waals surface area contributed by atoms with E-state index in [1.54, 1.807) is 12.1 Å². The largest absolute Gasteiger partial charge is 0.286 e. The minimum atomic E-state index is -4.13. The van der Waals surface area contributed by atoms with Crippen molar-refractivity contribution in [3.05, 3.63) is 68.7 Å². The molecule has 0 saturated heterocycles. The minimum Gasteiger partial charge on any atom is -0.286 e. The molecule has 3 aromatic rings. The molecule has 1 amide bonds. The SMILES string of the molecule is O=C1[C@@H](Cc2ccc(Br)cc2)n2c(S(=O)(=O)Cl)cnc2N1c1cc(Cl)cc(Cl)c1. The van der Waals surface area contributed by atoms with Crippen molar-refractivity contribution in [3.8, 4) is 0 Å². The zero-order chi connectivity index (χ0) is 20.9. The molecule has 1 aliphatic heterocycles. The van der Waals surface area contributed by atoms with E-state index in [9.17, 15) is 13.2 Å². The van der Waals surface area contributed by atoms with E-state index in [4.69, 9.17) is 33.9 Å². The van der Waals surface area contributed by atoms with Gasteiger partial charge < -0.3 is 0 Å². The Hall–Kier alpha value is -1.58. The van der Waals surface area contributed by atoms with Crippen LogP contribution < -0.4 is 4.90 Å². The number of hydrogen-bond donors (Lipinski definition) is 0. The van der Waals surface area contributed by atoms with Crippen molar-refractivity contribution >= 4 is 76.4 Å². The number of aromatic nitrogens is 2. The summed E-state index contributed by atoms with van der Waals surface area (Å²) in [5.74, 6) is -0.231. The molecule has 0 saturated carbocycles. The maximum atomic E-state index is 13.3. The second kappa shape index (κ2) is 7.59. The summed E-state index contributed by atoms with van der Waals surface area (Å²) >= 11 is 15.6. The molecule has 0 unspecified atom stereocenters. The average molecular weight is 536 g/mol. The zero-order valence-electron chi connectivity index (χ0n) is 14.4. The summed E-state index contributed by atoms with van der Waals surface area (Å²) < 4.78 is 26.4. The van der Waals surface area contributed by atoms with E-state index in [1.807, 2.05) is 24.3 Å². The Morgan fingerprint density at radius 3 is 2.28 bits per heavy atom. The Morgan fingerprint density at radius 1 is 1.07 bits per heavy atom. The van der Waals surface area contributed by atoms with E-state index < -0.39 is 15.1 Å². The molecule has 0 bridgehead atoms. The summed E-state index contributed by atoms with van der Waals surface area (Å²) in [7, 11) is 1.47. The summed E-state index contributed by atoms with van der Waals surface area (Å²) in [6.07, 6.45) is 1.39. The van der Waals surface area contributed by atoms with Gasteiger partial charge in [0.15, 0.2) is 5.03 Å². The molecule has 29 heavy (non-hydrogen) atoms. The molecule has 1 atom stereocenters. The fraction of sp³-hybridized carbons (Fsp3) is 0.111. The Bertz CT molecular complexity index is 1210. The first-order chi connectivity index (χ1) is 13.6. The Labute approximate surface area is 189 Å². The van der Waals surface area contributed by atoms with Crippen LogP contribution in [0, 0.1) is 0 Å². The van der Waals surface area contributed by atoms with E-state index >= 15 is 0 Å². The number of anilines is 2. The molecule has 6 nitrogen and oxygen atoms in total. The number of carbonyl (C=O) groups excluding carboxylic acids is 1. The van der Waals surface area contributed by atoms with Crippen LogP contribution in [-0.2, 0) is 20.3 Å². The average Bonchev–Trinajstić information content (AvgIpc) is 3.15. The number of carbonyl (C=O) groups is 1. The predicted octanol–water partition coefficient (Wildman–Crippen LogP) is 5.34. The number of halogens is 4. The number of fused-ring (bicyclic) bond motifs is 1. The monoisotopic (exact) mass is 533 g/mol. The molecule has 11 heteroatoms. The van der Waals surface area contributed by atoms with Gasteiger partial charge in [0, 0.05) is 31.6 Å². The van der Waals surface area contributed by atoms with Gasteiger partial charge in [0.1, 0.15) is 6.04 Å². The lowest BCUT2D eigenvalue weighted by Crippen LogP contribution is -2.26. The molecule has 0 radical (unpaired) electrons. The highest BCUT2D eigenvalue weighted by Crippen LogP contribution is 2.41. The Kier molecular flexibility index (Phi) is 5.41. The zero-order valence-corrected chi connectivity index (χ0v) is 19.1. The molecule has 1 aromatic heterocycles. The van der Waals surface area contributed by atoms with Crippen molar-refractivity contribution < 1.29 is 13.2 Å². The molecule has 0 fully saturated rings. The molecule has 0 N–H and O–H groups in total. The normalized spacial score (nSPS) is 16.3. The van der Waals surface area contributed by atoms with Gasteiger partial charge in [0.05, 0.1) is 11.9 Å². The van der Waals surface area contributed by atoms with Gasteiger partial charge in [-0.15, -0.1) is 0 Å². The van der Waals surface area contributed by atoms with Crippen LogP contribution in [-0.4, -0.2) is 23.9 Å². The fourth-order valence-corrected chi connectivity index (χ4v) is 5.01. The van der Waals surface area contributed by atoms with Gasteiger partial charge in [0.25, 0.3) is 15.0 Å². The third-order valence-electron chi connectivity index (χ3n) is 4.46. The Morgan fingerprint density at radius 2 is 1.69 bits per heavy atom. The quantitative estimate of drug-likeness (QED) is 0.423. The van der Waals surface area contributed by atoms with Crippen molar-refractivity contribution in [2.24, 2.45) is 0 Å². The van der Waals surface area contributed by atoms with Crippen molar-refractivity contribution in [1.29, 1.82) is 0 Å². The second-order valence-electron chi connectivity index (χ2n) is 6.35. The molecule has 0 spiro atoms. The van der Waals surface area contributed by atoms with Crippen LogP contribution in [0.3, 0.4) is 0 Å². The lowest BCUT2D eigenvalue weighted by Gasteiger charge is -2.16. The third kappa shape index (κ3) is 3.92. The maximum Gasteiger partial charge on any atom is 0.278 e. The number of hydrogen-bond acceptors (Lipinski definition) is 4. The van der Waals surface area contributed by atoms with Crippen LogP contribution in [0.2, 0.25) is 10.0 Å². The Balaban J connectivity index is 1.86. The molecule has 150 valence electrons. The summed E-state index contributed by atoms with van der Waals surface area (Å²) in [6, 6.07) is 11.2. The molecule has 0 aliphatic carbocycles. The molecule has 2 aromatic carbocycles. The molecular formula is C18H11BrCl3N3O3S. The highest BCUT2D eigenvalue weighted by atomic mass is 79.9. The summed E-state index contributed by atoms with van der Waals surface area (Å²) in [5, 5.41) is 0.417. The topological polar surface area (TPSA) is 72.3 Å².